The fourth-order valence-electron chi connectivity index (χ4n) is 2.73. The Labute approximate surface area is 133 Å². The van der Waals surface area contributed by atoms with Crippen LogP contribution in [0.25, 0.3) is 17.1 Å². The molecule has 110 valence electrons. The van der Waals surface area contributed by atoms with Crippen molar-refractivity contribution in [2.45, 2.75) is 12.8 Å². The minimum absolute atomic E-state index is 0.240. The SMILES string of the molecule is C[C@@H]1CNc2ccc(Cl)cc2-n2c(-c3cccnc3)nnc21. The van der Waals surface area contributed by atoms with Crippen LogP contribution < -0.4 is 5.32 Å². The third-order valence-corrected chi connectivity index (χ3v) is 4.08. The highest BCUT2D eigenvalue weighted by molar-refractivity contribution is 6.30. The summed E-state index contributed by atoms with van der Waals surface area (Å²) >= 11 is 6.20. The Morgan fingerprint density at radius 3 is 3.00 bits per heavy atom. The van der Waals surface area contributed by atoms with Gasteiger partial charge in [0, 0.05) is 35.4 Å². The van der Waals surface area contributed by atoms with E-state index in [1.54, 1.807) is 12.4 Å². The molecule has 1 aromatic carbocycles. The molecule has 0 saturated carbocycles. The summed E-state index contributed by atoms with van der Waals surface area (Å²) < 4.78 is 2.07. The lowest BCUT2D eigenvalue weighted by molar-refractivity contribution is 0.725. The zero-order valence-electron chi connectivity index (χ0n) is 12.0. The van der Waals surface area contributed by atoms with Crippen molar-refractivity contribution < 1.29 is 0 Å². The largest absolute Gasteiger partial charge is 0.383 e. The first-order valence-corrected chi connectivity index (χ1v) is 7.51. The maximum absolute atomic E-state index is 6.20. The molecule has 4 rings (SSSR count). The van der Waals surface area contributed by atoms with Crippen LogP contribution in [-0.2, 0) is 0 Å². The highest BCUT2D eigenvalue weighted by Crippen LogP contribution is 2.34. The Bertz CT molecular complexity index is 828. The zero-order chi connectivity index (χ0) is 15.1. The van der Waals surface area contributed by atoms with Gasteiger partial charge in [0.05, 0.1) is 11.4 Å². The van der Waals surface area contributed by atoms with Gasteiger partial charge in [0.25, 0.3) is 0 Å². The van der Waals surface area contributed by atoms with Gasteiger partial charge in [-0.15, -0.1) is 10.2 Å². The maximum atomic E-state index is 6.20. The molecule has 0 saturated heterocycles. The van der Waals surface area contributed by atoms with Crippen molar-refractivity contribution in [2.75, 3.05) is 11.9 Å². The normalized spacial score (nSPS) is 16.4. The Hall–Kier alpha value is -2.40. The van der Waals surface area contributed by atoms with Crippen molar-refractivity contribution in [3.8, 4) is 17.1 Å². The van der Waals surface area contributed by atoms with Gasteiger partial charge in [-0.2, -0.15) is 0 Å². The molecule has 5 nitrogen and oxygen atoms in total. The number of anilines is 1. The van der Waals surface area contributed by atoms with Gasteiger partial charge in [-0.05, 0) is 30.3 Å². The van der Waals surface area contributed by atoms with E-state index in [0.29, 0.717) is 5.02 Å². The van der Waals surface area contributed by atoms with E-state index in [0.717, 1.165) is 35.1 Å². The van der Waals surface area contributed by atoms with Crippen molar-refractivity contribution in [1.29, 1.82) is 0 Å². The highest BCUT2D eigenvalue weighted by Gasteiger charge is 2.25. The van der Waals surface area contributed by atoms with Crippen LogP contribution in [0.1, 0.15) is 18.7 Å². The van der Waals surface area contributed by atoms with E-state index in [4.69, 9.17) is 11.6 Å². The Balaban J connectivity index is 2.01. The van der Waals surface area contributed by atoms with Crippen LogP contribution in [0, 0.1) is 0 Å². The predicted molar refractivity (Wildman–Crippen MR) is 86.5 cm³/mol. The number of nitrogens with one attached hydrogen (secondary N) is 1. The smallest absolute Gasteiger partial charge is 0.170 e. The number of pyridine rings is 1. The molecule has 6 heteroatoms. The minimum atomic E-state index is 0.240. The summed E-state index contributed by atoms with van der Waals surface area (Å²) in [5, 5.41) is 12.9. The third-order valence-electron chi connectivity index (χ3n) is 3.85. The number of aromatic nitrogens is 4. The Kier molecular flexibility index (Phi) is 3.08. The fraction of sp³-hybridized carbons (Fsp3) is 0.188. The summed E-state index contributed by atoms with van der Waals surface area (Å²) in [6, 6.07) is 9.70. The van der Waals surface area contributed by atoms with Gasteiger partial charge >= 0.3 is 0 Å². The summed E-state index contributed by atoms with van der Waals surface area (Å²) in [6.07, 6.45) is 3.54. The molecule has 3 heterocycles. The molecule has 2 aromatic heterocycles. The lowest BCUT2D eigenvalue weighted by Crippen LogP contribution is -2.09. The number of halogens is 1. The van der Waals surface area contributed by atoms with Gasteiger partial charge in [0.2, 0.25) is 0 Å². The van der Waals surface area contributed by atoms with Gasteiger partial charge in [0.15, 0.2) is 5.82 Å². The quantitative estimate of drug-likeness (QED) is 0.747. The van der Waals surface area contributed by atoms with E-state index in [1.807, 2.05) is 30.3 Å². The molecule has 0 amide bonds. The number of hydrogen-bond donors (Lipinski definition) is 1. The van der Waals surface area contributed by atoms with E-state index < -0.39 is 0 Å². The summed E-state index contributed by atoms with van der Waals surface area (Å²) in [5.41, 5.74) is 2.93. The molecule has 0 aliphatic carbocycles. The topological polar surface area (TPSA) is 55.6 Å². The van der Waals surface area contributed by atoms with E-state index in [1.165, 1.54) is 0 Å². The van der Waals surface area contributed by atoms with Crippen LogP contribution in [0.3, 0.4) is 0 Å². The van der Waals surface area contributed by atoms with Gasteiger partial charge in [-0.25, -0.2) is 0 Å². The summed E-state index contributed by atoms with van der Waals surface area (Å²) in [7, 11) is 0. The molecular formula is C16H14ClN5. The molecule has 1 aliphatic heterocycles. The van der Waals surface area contributed by atoms with E-state index in [2.05, 4.69) is 32.0 Å². The number of benzene rings is 1. The average Bonchev–Trinajstić information content (AvgIpc) is 2.94. The van der Waals surface area contributed by atoms with Crippen molar-refractivity contribution in [3.05, 3.63) is 53.6 Å². The van der Waals surface area contributed by atoms with Crippen LogP contribution in [-0.4, -0.2) is 26.3 Å². The first-order chi connectivity index (χ1) is 10.7. The van der Waals surface area contributed by atoms with Gasteiger partial charge in [0.1, 0.15) is 5.82 Å². The van der Waals surface area contributed by atoms with E-state index >= 15 is 0 Å². The summed E-state index contributed by atoms with van der Waals surface area (Å²) in [6.45, 7) is 2.94. The van der Waals surface area contributed by atoms with Crippen LogP contribution >= 0.6 is 11.6 Å². The maximum Gasteiger partial charge on any atom is 0.170 e. The molecule has 3 aromatic rings. The second kappa shape index (κ2) is 5.10. The average molecular weight is 312 g/mol. The molecular weight excluding hydrogens is 298 g/mol. The third kappa shape index (κ3) is 2.05. The standard InChI is InChI=1S/C16H14ClN5/c1-10-8-19-13-5-4-12(17)7-14(13)22-15(10)20-21-16(22)11-3-2-6-18-9-11/h2-7,9-10,19H,8H2,1H3/t10-/m1/s1. The molecule has 1 aliphatic rings. The van der Waals surface area contributed by atoms with Gasteiger partial charge in [-0.1, -0.05) is 18.5 Å². The first kappa shape index (κ1) is 13.3. The van der Waals surface area contributed by atoms with E-state index in [9.17, 15) is 0 Å². The Morgan fingerprint density at radius 2 is 2.18 bits per heavy atom. The molecule has 22 heavy (non-hydrogen) atoms. The summed E-state index contributed by atoms with van der Waals surface area (Å²) in [5.74, 6) is 1.94. The predicted octanol–water partition coefficient (Wildman–Crippen LogP) is 3.51. The van der Waals surface area contributed by atoms with Crippen molar-refractivity contribution in [1.82, 2.24) is 19.7 Å². The molecule has 0 unspecified atom stereocenters. The fourth-order valence-corrected chi connectivity index (χ4v) is 2.89. The highest BCUT2D eigenvalue weighted by atomic mass is 35.5. The second-order valence-electron chi connectivity index (χ2n) is 5.40. The van der Waals surface area contributed by atoms with Gasteiger partial charge < -0.3 is 5.32 Å². The van der Waals surface area contributed by atoms with Crippen molar-refractivity contribution in [3.63, 3.8) is 0 Å². The molecule has 1 N–H and O–H groups in total. The van der Waals surface area contributed by atoms with E-state index in [-0.39, 0.29) is 5.92 Å². The van der Waals surface area contributed by atoms with Gasteiger partial charge in [-0.3, -0.25) is 9.55 Å². The number of fused-ring (bicyclic) bond motifs is 3. The number of hydrogen-bond acceptors (Lipinski definition) is 4. The lowest BCUT2D eigenvalue weighted by Gasteiger charge is -2.12. The zero-order valence-corrected chi connectivity index (χ0v) is 12.7. The second-order valence-corrected chi connectivity index (χ2v) is 5.84. The van der Waals surface area contributed by atoms with Crippen LogP contribution in [0.5, 0.6) is 0 Å². The monoisotopic (exact) mass is 311 g/mol. The minimum Gasteiger partial charge on any atom is -0.383 e. The van der Waals surface area contributed by atoms with Crippen LogP contribution in [0.2, 0.25) is 5.02 Å². The molecule has 0 bridgehead atoms. The van der Waals surface area contributed by atoms with Crippen molar-refractivity contribution >= 4 is 17.3 Å². The molecule has 1 atom stereocenters. The van der Waals surface area contributed by atoms with Crippen LogP contribution in [0.15, 0.2) is 42.7 Å². The molecule has 0 radical (unpaired) electrons. The van der Waals surface area contributed by atoms with Crippen molar-refractivity contribution in [2.24, 2.45) is 0 Å². The lowest BCUT2D eigenvalue weighted by atomic mass is 10.1. The first-order valence-electron chi connectivity index (χ1n) is 7.13. The number of rotatable bonds is 1. The molecule has 0 spiro atoms. The Morgan fingerprint density at radius 1 is 1.27 bits per heavy atom. The molecule has 0 fully saturated rings. The van der Waals surface area contributed by atoms with Crippen LogP contribution in [0.4, 0.5) is 5.69 Å². The number of nitrogens with zero attached hydrogens (tertiary/aromatic N) is 4. The summed E-state index contributed by atoms with van der Waals surface area (Å²) in [4.78, 5) is 4.18.